The van der Waals surface area contributed by atoms with Crippen LogP contribution in [0.2, 0.25) is 5.02 Å². The van der Waals surface area contributed by atoms with E-state index in [4.69, 9.17) is 21.3 Å². The molecule has 29 heavy (non-hydrogen) atoms. The highest BCUT2D eigenvalue weighted by Gasteiger charge is 2.29. The number of halogens is 1. The Morgan fingerprint density at radius 1 is 1.10 bits per heavy atom. The summed E-state index contributed by atoms with van der Waals surface area (Å²) in [7, 11) is 0. The fourth-order valence-electron chi connectivity index (χ4n) is 3.64. The summed E-state index contributed by atoms with van der Waals surface area (Å²) in [5.74, 6) is 1.65. The molecule has 0 spiro atoms. The Balaban J connectivity index is 1.46. The maximum atomic E-state index is 6.12. The number of anilines is 1. The SMILES string of the molecule is C[C@H]1CO[C@@H](c2ccccn2)CN1c1ccc2[nH]c(-c3cccc(Cl)c3)nc2n1. The topological polar surface area (TPSA) is 66.9 Å². The summed E-state index contributed by atoms with van der Waals surface area (Å²) in [4.78, 5) is 19.5. The maximum Gasteiger partial charge on any atom is 0.180 e. The highest BCUT2D eigenvalue weighted by atomic mass is 35.5. The molecule has 5 rings (SSSR count). The average Bonchev–Trinajstić information content (AvgIpc) is 3.18. The quantitative estimate of drug-likeness (QED) is 0.537. The van der Waals surface area contributed by atoms with Crippen LogP contribution in [-0.4, -0.2) is 39.1 Å². The Labute approximate surface area is 173 Å². The zero-order chi connectivity index (χ0) is 19.8. The van der Waals surface area contributed by atoms with Crippen LogP contribution in [-0.2, 0) is 4.74 Å². The molecule has 4 aromatic rings. The number of rotatable bonds is 3. The average molecular weight is 406 g/mol. The van der Waals surface area contributed by atoms with Gasteiger partial charge in [0.25, 0.3) is 0 Å². The molecule has 0 unspecified atom stereocenters. The molecule has 7 heteroatoms. The molecule has 1 aliphatic heterocycles. The molecule has 3 aromatic heterocycles. The van der Waals surface area contributed by atoms with E-state index in [9.17, 15) is 0 Å². The number of benzene rings is 1. The molecule has 1 aromatic carbocycles. The van der Waals surface area contributed by atoms with Gasteiger partial charge in [0.2, 0.25) is 0 Å². The largest absolute Gasteiger partial charge is 0.368 e. The number of nitrogens with one attached hydrogen (secondary N) is 1. The van der Waals surface area contributed by atoms with Gasteiger partial charge in [-0.2, -0.15) is 0 Å². The highest BCUT2D eigenvalue weighted by Crippen LogP contribution is 2.29. The van der Waals surface area contributed by atoms with Crippen molar-refractivity contribution in [1.29, 1.82) is 0 Å². The minimum absolute atomic E-state index is 0.0777. The van der Waals surface area contributed by atoms with Crippen LogP contribution in [0.5, 0.6) is 0 Å². The van der Waals surface area contributed by atoms with Crippen molar-refractivity contribution in [1.82, 2.24) is 19.9 Å². The molecule has 146 valence electrons. The summed E-state index contributed by atoms with van der Waals surface area (Å²) in [6.07, 6.45) is 1.72. The summed E-state index contributed by atoms with van der Waals surface area (Å²) in [5, 5.41) is 0.680. The lowest BCUT2D eigenvalue weighted by atomic mass is 10.1. The van der Waals surface area contributed by atoms with E-state index in [2.05, 4.69) is 26.8 Å². The van der Waals surface area contributed by atoms with Crippen molar-refractivity contribution in [3.63, 3.8) is 0 Å². The van der Waals surface area contributed by atoms with Crippen LogP contribution in [0.25, 0.3) is 22.6 Å². The first-order valence-corrected chi connectivity index (χ1v) is 9.97. The van der Waals surface area contributed by atoms with Crippen LogP contribution in [0.4, 0.5) is 5.82 Å². The van der Waals surface area contributed by atoms with Gasteiger partial charge in [-0.25, -0.2) is 9.97 Å². The Hall–Kier alpha value is -2.96. The summed E-state index contributed by atoms with van der Waals surface area (Å²) in [6, 6.07) is 17.8. The number of pyridine rings is 2. The normalized spacial score (nSPS) is 19.6. The number of H-pyrrole nitrogens is 1. The first kappa shape index (κ1) is 18.1. The van der Waals surface area contributed by atoms with Crippen LogP contribution < -0.4 is 4.90 Å². The number of morpholine rings is 1. The third kappa shape index (κ3) is 3.57. The van der Waals surface area contributed by atoms with Gasteiger partial charge < -0.3 is 14.6 Å². The van der Waals surface area contributed by atoms with E-state index < -0.39 is 0 Å². The van der Waals surface area contributed by atoms with Crippen molar-refractivity contribution in [3.05, 3.63) is 71.5 Å². The first-order valence-electron chi connectivity index (χ1n) is 9.59. The molecular formula is C22H20ClN5O. The molecule has 1 saturated heterocycles. The standard InChI is InChI=1S/C22H20ClN5O/c1-14-13-29-19(17-7-2-3-10-24-17)12-28(14)20-9-8-18-22(26-20)27-21(25-18)15-5-4-6-16(23)11-15/h2-11,14,19H,12-13H2,1H3,(H,25,26,27)/t14-,19+/m0/s1. The van der Waals surface area contributed by atoms with Crippen molar-refractivity contribution in [3.8, 4) is 11.4 Å². The lowest BCUT2D eigenvalue weighted by Gasteiger charge is -2.38. The molecule has 0 aliphatic carbocycles. The van der Waals surface area contributed by atoms with Gasteiger partial charge in [0.15, 0.2) is 5.65 Å². The van der Waals surface area contributed by atoms with E-state index in [1.807, 2.05) is 54.6 Å². The number of hydrogen-bond acceptors (Lipinski definition) is 5. The lowest BCUT2D eigenvalue weighted by Crippen LogP contribution is -2.45. The van der Waals surface area contributed by atoms with E-state index in [1.54, 1.807) is 6.20 Å². The Morgan fingerprint density at radius 3 is 2.86 bits per heavy atom. The van der Waals surface area contributed by atoms with Crippen molar-refractivity contribution in [2.75, 3.05) is 18.1 Å². The summed E-state index contributed by atoms with van der Waals surface area (Å²) in [6.45, 7) is 3.46. The van der Waals surface area contributed by atoms with Crippen molar-refractivity contribution in [2.24, 2.45) is 0 Å². The van der Waals surface area contributed by atoms with Gasteiger partial charge in [-0.1, -0.05) is 29.8 Å². The van der Waals surface area contributed by atoms with E-state index >= 15 is 0 Å². The Bertz CT molecular complexity index is 1150. The molecular weight excluding hydrogens is 386 g/mol. The van der Waals surface area contributed by atoms with Crippen LogP contribution in [0.3, 0.4) is 0 Å². The summed E-state index contributed by atoms with van der Waals surface area (Å²) < 4.78 is 6.02. The predicted molar refractivity (Wildman–Crippen MR) is 114 cm³/mol. The van der Waals surface area contributed by atoms with Gasteiger partial charge >= 0.3 is 0 Å². The van der Waals surface area contributed by atoms with Gasteiger partial charge in [0.1, 0.15) is 17.7 Å². The zero-order valence-electron chi connectivity index (χ0n) is 15.9. The van der Waals surface area contributed by atoms with Gasteiger partial charge in [-0.05, 0) is 43.3 Å². The van der Waals surface area contributed by atoms with Gasteiger partial charge in [-0.15, -0.1) is 0 Å². The molecule has 0 radical (unpaired) electrons. The maximum absolute atomic E-state index is 6.12. The Morgan fingerprint density at radius 2 is 2.03 bits per heavy atom. The van der Waals surface area contributed by atoms with E-state index in [1.165, 1.54) is 0 Å². The lowest BCUT2D eigenvalue weighted by molar-refractivity contribution is 0.0187. The number of imidazole rings is 1. The van der Waals surface area contributed by atoms with Crippen LogP contribution in [0.15, 0.2) is 60.8 Å². The number of aromatic nitrogens is 4. The zero-order valence-corrected chi connectivity index (χ0v) is 16.7. The number of ether oxygens (including phenoxy) is 1. The minimum Gasteiger partial charge on any atom is -0.368 e. The molecule has 6 nitrogen and oxygen atoms in total. The smallest absolute Gasteiger partial charge is 0.180 e. The van der Waals surface area contributed by atoms with Crippen molar-refractivity contribution in [2.45, 2.75) is 19.1 Å². The minimum atomic E-state index is -0.0777. The monoisotopic (exact) mass is 405 g/mol. The summed E-state index contributed by atoms with van der Waals surface area (Å²) >= 11 is 6.12. The molecule has 4 heterocycles. The molecule has 1 aliphatic rings. The number of aromatic amines is 1. The molecule has 0 saturated carbocycles. The molecule has 1 N–H and O–H groups in total. The second-order valence-corrected chi connectivity index (χ2v) is 7.65. The Kier molecular flexibility index (Phi) is 4.66. The third-order valence-corrected chi connectivity index (χ3v) is 5.41. The fraction of sp³-hybridized carbons (Fsp3) is 0.227. The molecule has 2 atom stereocenters. The van der Waals surface area contributed by atoms with E-state index in [0.29, 0.717) is 23.8 Å². The van der Waals surface area contributed by atoms with Crippen molar-refractivity contribution < 1.29 is 4.74 Å². The number of nitrogens with zero attached hydrogens (tertiary/aromatic N) is 4. The van der Waals surface area contributed by atoms with Gasteiger partial charge in [0.05, 0.1) is 30.4 Å². The molecule has 0 amide bonds. The van der Waals surface area contributed by atoms with Gasteiger partial charge in [-0.3, -0.25) is 4.98 Å². The number of fused-ring (bicyclic) bond motifs is 1. The van der Waals surface area contributed by atoms with Gasteiger partial charge in [0, 0.05) is 16.8 Å². The summed E-state index contributed by atoms with van der Waals surface area (Å²) in [5.41, 5.74) is 3.46. The van der Waals surface area contributed by atoms with E-state index in [-0.39, 0.29) is 12.1 Å². The predicted octanol–water partition coefficient (Wildman–Crippen LogP) is 4.64. The first-order chi connectivity index (χ1) is 14.2. The molecule has 0 bridgehead atoms. The fourth-order valence-corrected chi connectivity index (χ4v) is 3.83. The third-order valence-electron chi connectivity index (χ3n) is 5.17. The van der Waals surface area contributed by atoms with Crippen LogP contribution in [0, 0.1) is 0 Å². The molecule has 1 fully saturated rings. The van der Waals surface area contributed by atoms with Crippen LogP contribution >= 0.6 is 11.6 Å². The second kappa shape index (κ2) is 7.46. The highest BCUT2D eigenvalue weighted by molar-refractivity contribution is 6.30. The second-order valence-electron chi connectivity index (χ2n) is 7.21. The number of hydrogen-bond donors (Lipinski definition) is 1. The van der Waals surface area contributed by atoms with Crippen LogP contribution in [0.1, 0.15) is 18.7 Å². The van der Waals surface area contributed by atoms with E-state index in [0.717, 1.165) is 28.4 Å². The van der Waals surface area contributed by atoms with Crippen molar-refractivity contribution >= 4 is 28.6 Å².